The predicted molar refractivity (Wildman–Crippen MR) is 119 cm³/mol. The summed E-state index contributed by atoms with van der Waals surface area (Å²) in [5.41, 5.74) is 0. The Kier molecular flexibility index (Phi) is 12.5. The van der Waals surface area contributed by atoms with Crippen molar-refractivity contribution in [2.45, 2.75) is 108 Å². The van der Waals surface area contributed by atoms with Crippen molar-refractivity contribution in [2.75, 3.05) is 25.4 Å². The number of fused-ring (bicyclic) bond motifs is 1. The summed E-state index contributed by atoms with van der Waals surface area (Å²) in [6.45, 7) is 1.75. The molecule has 0 amide bonds. The van der Waals surface area contributed by atoms with Gasteiger partial charge in [0, 0.05) is 25.4 Å². The van der Waals surface area contributed by atoms with Crippen LogP contribution in [0.2, 0.25) is 0 Å². The first kappa shape index (κ1) is 24.0. The maximum absolute atomic E-state index is 9.93. The van der Waals surface area contributed by atoms with Crippen molar-refractivity contribution in [1.29, 1.82) is 0 Å². The monoisotopic (exact) mass is 414 g/mol. The zero-order valence-corrected chi connectivity index (χ0v) is 18.4. The van der Waals surface area contributed by atoms with Crippen molar-refractivity contribution in [3.05, 3.63) is 0 Å². The van der Waals surface area contributed by atoms with E-state index >= 15 is 0 Å². The van der Waals surface area contributed by atoms with E-state index in [1.165, 1.54) is 77.0 Å². The molecule has 6 heteroatoms. The SMILES string of the molecule is OCCCCCCCCCCCCCCCCN=C1SC[C@H]2[C@H](O)[C@@H](O)CN12. The Hall–Kier alpha value is -0.300. The number of hydrogen-bond donors (Lipinski definition) is 3. The Morgan fingerprint density at radius 3 is 1.82 bits per heavy atom. The molecule has 0 aromatic rings. The first-order chi connectivity index (χ1) is 13.7. The highest BCUT2D eigenvalue weighted by Crippen LogP contribution is 2.32. The molecular weight excluding hydrogens is 372 g/mol. The lowest BCUT2D eigenvalue weighted by atomic mass is 10.0. The fourth-order valence-electron chi connectivity index (χ4n) is 4.19. The van der Waals surface area contributed by atoms with Crippen LogP contribution in [0, 0.1) is 0 Å². The van der Waals surface area contributed by atoms with Gasteiger partial charge in [-0.1, -0.05) is 88.8 Å². The van der Waals surface area contributed by atoms with E-state index in [9.17, 15) is 10.2 Å². The molecule has 2 aliphatic heterocycles. The lowest BCUT2D eigenvalue weighted by Gasteiger charge is -2.17. The molecule has 0 radical (unpaired) electrons. The standard InChI is InChI=1S/C22H42N2O3S/c25-16-14-12-10-8-6-4-2-1-3-5-7-9-11-13-15-23-22-24-17-20(26)21(27)19(24)18-28-22/h19-21,25-27H,1-18H2/t19-,20-,21-/m0/s1. The Morgan fingerprint density at radius 2 is 1.29 bits per heavy atom. The predicted octanol–water partition coefficient (Wildman–Crippen LogP) is 3.95. The van der Waals surface area contributed by atoms with Crippen LogP contribution < -0.4 is 0 Å². The fourth-order valence-corrected chi connectivity index (χ4v) is 5.45. The van der Waals surface area contributed by atoms with Crippen molar-refractivity contribution >= 4 is 16.9 Å². The minimum Gasteiger partial charge on any atom is -0.396 e. The molecule has 0 saturated carbocycles. The number of aliphatic hydroxyl groups is 3. The maximum atomic E-state index is 9.93. The van der Waals surface area contributed by atoms with Gasteiger partial charge in [-0.15, -0.1) is 0 Å². The molecule has 2 aliphatic rings. The third-order valence-corrected chi connectivity index (χ3v) is 7.14. The van der Waals surface area contributed by atoms with Crippen LogP contribution in [0.25, 0.3) is 0 Å². The van der Waals surface area contributed by atoms with E-state index in [2.05, 4.69) is 4.90 Å². The second kappa shape index (κ2) is 14.6. The number of rotatable bonds is 16. The van der Waals surface area contributed by atoms with Gasteiger partial charge in [-0.25, -0.2) is 0 Å². The highest BCUT2D eigenvalue weighted by Gasteiger charge is 2.45. The van der Waals surface area contributed by atoms with Gasteiger partial charge >= 0.3 is 0 Å². The van der Waals surface area contributed by atoms with Gasteiger partial charge in [0.15, 0.2) is 5.17 Å². The summed E-state index contributed by atoms with van der Waals surface area (Å²) < 4.78 is 0. The van der Waals surface area contributed by atoms with Crippen LogP contribution in [0.1, 0.15) is 89.9 Å². The van der Waals surface area contributed by atoms with Crippen LogP contribution in [0.5, 0.6) is 0 Å². The summed E-state index contributed by atoms with van der Waals surface area (Å²) in [5.74, 6) is 0.848. The van der Waals surface area contributed by atoms with Gasteiger partial charge in [-0.3, -0.25) is 4.99 Å². The van der Waals surface area contributed by atoms with Gasteiger partial charge in [0.25, 0.3) is 0 Å². The molecule has 0 spiro atoms. The Morgan fingerprint density at radius 1 is 0.786 bits per heavy atom. The van der Waals surface area contributed by atoms with E-state index in [1.54, 1.807) is 11.8 Å². The van der Waals surface area contributed by atoms with E-state index < -0.39 is 12.2 Å². The molecule has 0 unspecified atom stereocenters. The number of amidine groups is 1. The van der Waals surface area contributed by atoms with Crippen LogP contribution >= 0.6 is 11.8 Å². The van der Waals surface area contributed by atoms with E-state index in [-0.39, 0.29) is 6.04 Å². The highest BCUT2D eigenvalue weighted by atomic mass is 32.2. The van der Waals surface area contributed by atoms with Crippen LogP contribution in [0.3, 0.4) is 0 Å². The molecule has 0 aromatic carbocycles. The average molecular weight is 415 g/mol. The average Bonchev–Trinajstić information content (AvgIpc) is 3.21. The molecule has 2 fully saturated rings. The summed E-state index contributed by atoms with van der Waals surface area (Å²) in [4.78, 5) is 6.80. The summed E-state index contributed by atoms with van der Waals surface area (Å²) in [6, 6.07) is 0.0602. The third kappa shape index (κ3) is 8.60. The van der Waals surface area contributed by atoms with Gasteiger partial charge in [0.1, 0.15) is 6.10 Å². The van der Waals surface area contributed by atoms with Gasteiger partial charge in [-0.05, 0) is 12.8 Å². The Balaban J connectivity index is 1.34. The molecule has 3 N–H and O–H groups in total. The Bertz CT molecular complexity index is 436. The molecule has 5 nitrogen and oxygen atoms in total. The topological polar surface area (TPSA) is 76.3 Å². The summed E-state index contributed by atoms with van der Waals surface area (Å²) >= 11 is 1.72. The van der Waals surface area contributed by atoms with E-state index in [4.69, 9.17) is 10.1 Å². The molecule has 2 rings (SSSR count). The lowest BCUT2D eigenvalue weighted by molar-refractivity contribution is 0.0437. The largest absolute Gasteiger partial charge is 0.396 e. The fraction of sp³-hybridized carbons (Fsp3) is 0.955. The molecule has 3 atom stereocenters. The molecule has 0 aromatic heterocycles. The van der Waals surface area contributed by atoms with Crippen molar-refractivity contribution in [1.82, 2.24) is 4.90 Å². The second-order valence-electron chi connectivity index (χ2n) is 8.43. The number of hydrogen-bond acceptors (Lipinski definition) is 5. The third-order valence-electron chi connectivity index (χ3n) is 6.01. The number of unbranched alkanes of at least 4 members (excludes halogenated alkanes) is 13. The molecule has 2 heterocycles. The molecule has 2 saturated heterocycles. The van der Waals surface area contributed by atoms with E-state index in [0.29, 0.717) is 13.2 Å². The number of aliphatic imine (C=N–C) groups is 1. The lowest BCUT2D eigenvalue weighted by Crippen LogP contribution is -2.34. The van der Waals surface area contributed by atoms with Crippen LogP contribution in [0.4, 0.5) is 0 Å². The molecule has 0 bridgehead atoms. The van der Waals surface area contributed by atoms with Crippen LogP contribution in [0.15, 0.2) is 4.99 Å². The molecule has 164 valence electrons. The van der Waals surface area contributed by atoms with E-state index in [0.717, 1.165) is 30.3 Å². The maximum Gasteiger partial charge on any atom is 0.159 e. The van der Waals surface area contributed by atoms with Gasteiger partial charge in [0.2, 0.25) is 0 Å². The molecule has 0 aliphatic carbocycles. The smallest absolute Gasteiger partial charge is 0.159 e. The van der Waals surface area contributed by atoms with E-state index in [1.807, 2.05) is 0 Å². The van der Waals surface area contributed by atoms with Crippen LogP contribution in [-0.4, -0.2) is 69.1 Å². The van der Waals surface area contributed by atoms with Crippen molar-refractivity contribution < 1.29 is 15.3 Å². The first-order valence-electron chi connectivity index (χ1n) is 11.6. The van der Waals surface area contributed by atoms with Crippen molar-refractivity contribution in [3.8, 4) is 0 Å². The normalized spacial score (nSPS) is 25.8. The minimum atomic E-state index is -0.618. The second-order valence-corrected chi connectivity index (χ2v) is 9.41. The Labute approximate surface area is 176 Å². The summed E-state index contributed by atoms with van der Waals surface area (Å²) in [5, 5.41) is 29.5. The summed E-state index contributed by atoms with van der Waals surface area (Å²) in [7, 11) is 0. The number of aliphatic hydroxyl groups excluding tert-OH is 3. The highest BCUT2D eigenvalue weighted by molar-refractivity contribution is 8.14. The summed E-state index contributed by atoms with van der Waals surface area (Å²) in [6.07, 6.45) is 16.9. The van der Waals surface area contributed by atoms with Gasteiger partial charge < -0.3 is 20.2 Å². The molecule has 28 heavy (non-hydrogen) atoms. The van der Waals surface area contributed by atoms with Crippen molar-refractivity contribution in [3.63, 3.8) is 0 Å². The van der Waals surface area contributed by atoms with Gasteiger partial charge in [0.05, 0.1) is 12.1 Å². The first-order valence-corrected chi connectivity index (χ1v) is 12.6. The van der Waals surface area contributed by atoms with Gasteiger partial charge in [-0.2, -0.15) is 0 Å². The quantitative estimate of drug-likeness (QED) is 0.333. The zero-order chi connectivity index (χ0) is 20.0. The number of nitrogens with zero attached hydrogens (tertiary/aromatic N) is 2. The zero-order valence-electron chi connectivity index (χ0n) is 17.6. The minimum absolute atomic E-state index is 0.0602. The van der Waals surface area contributed by atoms with Crippen LogP contribution in [-0.2, 0) is 0 Å². The number of thioether (sulfide) groups is 1. The molecular formula is C22H42N2O3S. The van der Waals surface area contributed by atoms with Crippen molar-refractivity contribution in [2.24, 2.45) is 4.99 Å².